The topological polar surface area (TPSA) is 21.1 Å². The van der Waals surface area contributed by atoms with Gasteiger partial charge in [-0.3, -0.25) is 9.58 Å². The van der Waals surface area contributed by atoms with Crippen molar-refractivity contribution < 1.29 is 4.39 Å². The fraction of sp³-hybridized carbons (Fsp3) is 0.571. The number of hydrogen-bond donors (Lipinski definition) is 0. The van der Waals surface area contributed by atoms with Crippen LogP contribution in [0.1, 0.15) is 32.5 Å². The number of nitrogens with zero attached hydrogens (tertiary/aromatic N) is 3. The second kappa shape index (κ2) is 6.35. The van der Waals surface area contributed by atoms with Crippen molar-refractivity contribution in [3.63, 3.8) is 0 Å². The SMILES string of the molecule is Cn1cc(-c2cc(Cl)cc(C(F)CN3CC4C(C3)C4C(C)(C)C)c2)cn1. The van der Waals surface area contributed by atoms with E-state index in [9.17, 15) is 0 Å². The highest BCUT2D eigenvalue weighted by Crippen LogP contribution is 2.59. The van der Waals surface area contributed by atoms with Crippen molar-refractivity contribution in [1.82, 2.24) is 14.7 Å². The highest BCUT2D eigenvalue weighted by molar-refractivity contribution is 6.31. The van der Waals surface area contributed by atoms with E-state index in [0.29, 0.717) is 22.5 Å². The Morgan fingerprint density at radius 2 is 1.88 bits per heavy atom. The molecule has 1 aliphatic carbocycles. The Balaban J connectivity index is 1.43. The summed E-state index contributed by atoms with van der Waals surface area (Å²) in [5.41, 5.74) is 2.91. The highest BCUT2D eigenvalue weighted by atomic mass is 35.5. The zero-order valence-corrected chi connectivity index (χ0v) is 16.7. The lowest BCUT2D eigenvalue weighted by atomic mass is 9.87. The van der Waals surface area contributed by atoms with Crippen LogP contribution in [-0.4, -0.2) is 34.3 Å². The fourth-order valence-electron chi connectivity index (χ4n) is 4.91. The Bertz CT molecular complexity index is 798. The molecular weight excluding hydrogens is 349 g/mol. The zero-order valence-electron chi connectivity index (χ0n) is 15.9. The van der Waals surface area contributed by atoms with Gasteiger partial charge in [0.2, 0.25) is 0 Å². The lowest BCUT2D eigenvalue weighted by Crippen LogP contribution is -2.30. The fourth-order valence-corrected chi connectivity index (χ4v) is 5.15. The van der Waals surface area contributed by atoms with Crippen molar-refractivity contribution >= 4 is 11.6 Å². The minimum atomic E-state index is -1.02. The molecule has 1 saturated heterocycles. The van der Waals surface area contributed by atoms with Crippen LogP contribution in [0, 0.1) is 23.2 Å². The van der Waals surface area contributed by atoms with E-state index in [1.54, 1.807) is 16.9 Å². The minimum absolute atomic E-state index is 0.377. The maximum absolute atomic E-state index is 15.0. The first-order valence-corrected chi connectivity index (χ1v) is 9.76. The second-order valence-corrected chi connectivity index (χ2v) is 9.52. The monoisotopic (exact) mass is 375 g/mol. The van der Waals surface area contributed by atoms with Gasteiger partial charge in [0.25, 0.3) is 0 Å². The number of rotatable bonds is 4. The van der Waals surface area contributed by atoms with Crippen molar-refractivity contribution in [3.05, 3.63) is 41.2 Å². The third-order valence-electron chi connectivity index (χ3n) is 6.01. The molecule has 3 atom stereocenters. The predicted octanol–water partition coefficient (Wildman–Crippen LogP) is 4.98. The lowest BCUT2D eigenvalue weighted by molar-refractivity contribution is 0.178. The molecule has 1 aliphatic heterocycles. The average molecular weight is 376 g/mol. The molecule has 140 valence electrons. The predicted molar refractivity (Wildman–Crippen MR) is 104 cm³/mol. The Morgan fingerprint density at radius 1 is 1.19 bits per heavy atom. The summed E-state index contributed by atoms with van der Waals surface area (Å²) >= 11 is 6.26. The molecular formula is C21H27ClFN3. The Labute approximate surface area is 160 Å². The Hall–Kier alpha value is -1.39. The van der Waals surface area contributed by atoms with Crippen molar-refractivity contribution in [2.45, 2.75) is 26.9 Å². The highest BCUT2D eigenvalue weighted by Gasteiger charge is 2.59. The molecule has 2 aromatic rings. The van der Waals surface area contributed by atoms with E-state index in [1.807, 2.05) is 25.4 Å². The standard InChI is InChI=1S/C21H27ClFN3/c1-21(2,3)20-17-10-26(11-18(17)20)12-19(23)14-5-13(6-16(22)7-14)15-8-24-25(4)9-15/h5-9,17-20H,10-12H2,1-4H3. The van der Waals surface area contributed by atoms with Crippen molar-refractivity contribution in [2.75, 3.05) is 19.6 Å². The smallest absolute Gasteiger partial charge is 0.138 e. The summed E-state index contributed by atoms with van der Waals surface area (Å²) in [4.78, 5) is 2.28. The molecule has 1 aromatic carbocycles. The van der Waals surface area contributed by atoms with E-state index in [1.165, 1.54) is 0 Å². The maximum Gasteiger partial charge on any atom is 0.138 e. The van der Waals surface area contributed by atoms with E-state index >= 15 is 4.39 Å². The van der Waals surface area contributed by atoms with Crippen LogP contribution in [0.2, 0.25) is 5.02 Å². The summed E-state index contributed by atoms with van der Waals surface area (Å²) < 4.78 is 16.8. The molecule has 0 amide bonds. The maximum atomic E-state index is 15.0. The van der Waals surface area contributed by atoms with Crippen LogP contribution < -0.4 is 0 Å². The number of benzene rings is 1. The van der Waals surface area contributed by atoms with Crippen LogP contribution >= 0.6 is 11.6 Å². The Morgan fingerprint density at radius 3 is 2.46 bits per heavy atom. The largest absolute Gasteiger partial charge is 0.300 e. The number of halogens is 2. The number of likely N-dealkylation sites (tertiary alicyclic amines) is 1. The molecule has 0 bridgehead atoms. The first kappa shape index (κ1) is 18.0. The van der Waals surface area contributed by atoms with Gasteiger partial charge in [-0.1, -0.05) is 32.4 Å². The number of aromatic nitrogens is 2. The summed E-state index contributed by atoms with van der Waals surface area (Å²) in [6, 6.07) is 5.52. The molecule has 1 saturated carbocycles. The van der Waals surface area contributed by atoms with Crippen molar-refractivity contribution in [2.24, 2.45) is 30.2 Å². The van der Waals surface area contributed by atoms with E-state index in [0.717, 1.165) is 42.0 Å². The normalized spacial score (nSPS) is 26.8. The third-order valence-corrected chi connectivity index (χ3v) is 6.23. The van der Waals surface area contributed by atoms with Crippen LogP contribution in [0.3, 0.4) is 0 Å². The molecule has 5 heteroatoms. The van der Waals surface area contributed by atoms with Crippen LogP contribution in [0.25, 0.3) is 11.1 Å². The van der Waals surface area contributed by atoms with Gasteiger partial charge in [-0.2, -0.15) is 5.10 Å². The van der Waals surface area contributed by atoms with E-state index in [-0.39, 0.29) is 0 Å². The van der Waals surface area contributed by atoms with Gasteiger partial charge in [0.15, 0.2) is 0 Å². The molecule has 2 aliphatic rings. The third kappa shape index (κ3) is 3.41. The van der Waals surface area contributed by atoms with Crippen LogP contribution in [-0.2, 0) is 7.05 Å². The number of piperidine rings is 1. The molecule has 4 rings (SSSR count). The molecule has 26 heavy (non-hydrogen) atoms. The van der Waals surface area contributed by atoms with E-state index in [2.05, 4.69) is 30.8 Å². The first-order chi connectivity index (χ1) is 12.2. The summed E-state index contributed by atoms with van der Waals surface area (Å²) in [6.07, 6.45) is 2.68. The molecule has 3 nitrogen and oxygen atoms in total. The van der Waals surface area contributed by atoms with Crippen LogP contribution in [0.5, 0.6) is 0 Å². The summed E-state index contributed by atoms with van der Waals surface area (Å²) in [5, 5.41) is 4.76. The van der Waals surface area contributed by atoms with Crippen molar-refractivity contribution in [3.8, 4) is 11.1 Å². The lowest BCUT2D eigenvalue weighted by Gasteiger charge is -2.26. The molecule has 0 radical (unpaired) electrons. The quantitative estimate of drug-likeness (QED) is 0.751. The zero-order chi connectivity index (χ0) is 18.6. The molecule has 2 fully saturated rings. The summed E-state index contributed by atoms with van der Waals surface area (Å²) in [7, 11) is 1.87. The van der Waals surface area contributed by atoms with Gasteiger partial charge in [-0.05, 0) is 52.5 Å². The van der Waals surface area contributed by atoms with Gasteiger partial charge in [-0.25, -0.2) is 4.39 Å². The van der Waals surface area contributed by atoms with E-state index in [4.69, 9.17) is 11.6 Å². The molecule has 0 N–H and O–H groups in total. The summed E-state index contributed by atoms with van der Waals surface area (Å²) in [5.74, 6) is 2.32. The van der Waals surface area contributed by atoms with Gasteiger partial charge in [-0.15, -0.1) is 0 Å². The molecule has 3 unspecified atom stereocenters. The minimum Gasteiger partial charge on any atom is -0.300 e. The summed E-state index contributed by atoms with van der Waals surface area (Å²) in [6.45, 7) is 9.49. The number of aryl methyl sites for hydroxylation is 1. The molecule has 0 spiro atoms. The van der Waals surface area contributed by atoms with Gasteiger partial charge in [0.05, 0.1) is 6.20 Å². The average Bonchev–Trinajstić information content (AvgIpc) is 2.89. The Kier molecular flexibility index (Phi) is 4.39. The van der Waals surface area contributed by atoms with Gasteiger partial charge >= 0.3 is 0 Å². The molecule has 1 aromatic heterocycles. The van der Waals surface area contributed by atoms with Crippen LogP contribution in [0.4, 0.5) is 4.39 Å². The van der Waals surface area contributed by atoms with Gasteiger partial charge in [0.1, 0.15) is 6.17 Å². The molecule has 2 heterocycles. The number of hydrogen-bond acceptors (Lipinski definition) is 2. The van der Waals surface area contributed by atoms with Crippen LogP contribution in [0.15, 0.2) is 30.6 Å². The number of alkyl halides is 1. The van der Waals surface area contributed by atoms with E-state index < -0.39 is 6.17 Å². The number of fused-ring (bicyclic) bond motifs is 1. The first-order valence-electron chi connectivity index (χ1n) is 9.38. The van der Waals surface area contributed by atoms with Gasteiger partial charge in [0, 0.05) is 43.5 Å². The second-order valence-electron chi connectivity index (χ2n) is 9.08. The van der Waals surface area contributed by atoms with Gasteiger partial charge < -0.3 is 0 Å². The van der Waals surface area contributed by atoms with Crippen molar-refractivity contribution in [1.29, 1.82) is 0 Å².